The molecule has 0 aromatic heterocycles. The van der Waals surface area contributed by atoms with Crippen LogP contribution < -0.4 is 4.90 Å². The summed E-state index contributed by atoms with van der Waals surface area (Å²) in [6.45, 7) is 0. The van der Waals surface area contributed by atoms with Crippen molar-refractivity contribution in [2.45, 2.75) is 30.3 Å². The topological polar surface area (TPSA) is 54.5 Å². The van der Waals surface area contributed by atoms with Gasteiger partial charge in [-0.1, -0.05) is 0 Å². The number of hydrogen-bond acceptors (Lipinski definition) is 4. The molecule has 8 heteroatoms. The first-order valence-corrected chi connectivity index (χ1v) is 9.62. The molecule has 1 aromatic rings. The highest BCUT2D eigenvalue weighted by Crippen LogP contribution is 2.53. The molecule has 4 nitrogen and oxygen atoms in total. The zero-order valence-electron chi connectivity index (χ0n) is 13.9. The van der Waals surface area contributed by atoms with Gasteiger partial charge in [0.2, 0.25) is 11.8 Å². The number of thioether (sulfide) groups is 1. The third-order valence-electron chi connectivity index (χ3n) is 5.81. The summed E-state index contributed by atoms with van der Waals surface area (Å²) < 4.78 is 39.4. The van der Waals surface area contributed by atoms with Crippen molar-refractivity contribution in [2.75, 3.05) is 11.2 Å². The van der Waals surface area contributed by atoms with Gasteiger partial charge in [-0.2, -0.15) is 13.2 Å². The molecule has 5 rings (SSSR count). The van der Waals surface area contributed by atoms with E-state index in [-0.39, 0.29) is 23.8 Å². The predicted molar refractivity (Wildman–Crippen MR) is 88.5 cm³/mol. The minimum atomic E-state index is -4.57. The lowest BCUT2D eigenvalue weighted by Crippen LogP contribution is -2.46. The standard InChI is InChI=1S/C18H16F3NO3S/c1-26-13-5-3-9(18(19,20)21)7-11(13)22-16(24)14-8-2-4-10(12(23)6-8)15(14)17(22)25/h3,5,7-8,10,14-15H,2,4,6H2,1H3/t8-,10+,14+,15-/m0/s1. The molecule has 0 spiro atoms. The molecule has 3 aliphatic carbocycles. The first kappa shape index (κ1) is 17.6. The van der Waals surface area contributed by atoms with E-state index in [1.165, 1.54) is 17.8 Å². The number of ketones is 1. The molecule has 0 unspecified atom stereocenters. The van der Waals surface area contributed by atoms with Crippen molar-refractivity contribution < 1.29 is 27.6 Å². The van der Waals surface area contributed by atoms with Gasteiger partial charge in [-0.25, -0.2) is 4.90 Å². The van der Waals surface area contributed by atoms with Gasteiger partial charge in [-0.05, 0) is 43.2 Å². The number of carbonyl (C=O) groups excluding carboxylic acids is 3. The fourth-order valence-electron chi connectivity index (χ4n) is 4.66. The summed E-state index contributed by atoms with van der Waals surface area (Å²) in [5.74, 6) is -2.94. The van der Waals surface area contributed by atoms with E-state index in [0.29, 0.717) is 17.7 Å². The molecule has 1 saturated heterocycles. The van der Waals surface area contributed by atoms with Gasteiger partial charge in [0.05, 0.1) is 23.1 Å². The van der Waals surface area contributed by atoms with E-state index in [4.69, 9.17) is 0 Å². The average Bonchev–Trinajstić information content (AvgIpc) is 2.86. The van der Waals surface area contributed by atoms with Gasteiger partial charge in [-0.15, -0.1) is 11.8 Å². The highest BCUT2D eigenvalue weighted by atomic mass is 32.2. The van der Waals surface area contributed by atoms with Crippen LogP contribution in [0, 0.1) is 23.7 Å². The van der Waals surface area contributed by atoms with Gasteiger partial charge < -0.3 is 0 Å². The van der Waals surface area contributed by atoms with Gasteiger partial charge in [0.1, 0.15) is 5.78 Å². The van der Waals surface area contributed by atoms with E-state index in [1.54, 1.807) is 6.26 Å². The van der Waals surface area contributed by atoms with Gasteiger partial charge >= 0.3 is 6.18 Å². The van der Waals surface area contributed by atoms with E-state index in [9.17, 15) is 27.6 Å². The van der Waals surface area contributed by atoms with Crippen LogP contribution in [-0.4, -0.2) is 23.9 Å². The fourth-order valence-corrected chi connectivity index (χ4v) is 5.23. The van der Waals surface area contributed by atoms with Crippen molar-refractivity contribution in [2.24, 2.45) is 23.7 Å². The van der Waals surface area contributed by atoms with Gasteiger partial charge in [0, 0.05) is 17.2 Å². The number of fused-ring (bicyclic) bond motifs is 2. The minimum absolute atomic E-state index is 0.000341. The Balaban J connectivity index is 1.80. The van der Waals surface area contributed by atoms with Crippen LogP contribution in [0.15, 0.2) is 23.1 Å². The van der Waals surface area contributed by atoms with Gasteiger partial charge in [0.15, 0.2) is 0 Å². The highest BCUT2D eigenvalue weighted by Gasteiger charge is 2.61. The zero-order valence-corrected chi connectivity index (χ0v) is 14.7. The SMILES string of the molecule is CSc1ccc(C(F)(F)F)cc1N1C(=O)[C@@H]2[C@H]3CC[C@H](C(=O)C3)[C@@H]2C1=O. The van der Waals surface area contributed by atoms with Crippen LogP contribution in [0.4, 0.5) is 18.9 Å². The Labute approximate surface area is 152 Å². The monoisotopic (exact) mass is 383 g/mol. The number of alkyl halides is 3. The number of anilines is 1. The number of benzene rings is 1. The molecule has 138 valence electrons. The first-order chi connectivity index (χ1) is 12.2. The molecule has 3 saturated carbocycles. The summed E-state index contributed by atoms with van der Waals surface area (Å²) in [5, 5.41) is 0. The Morgan fingerprint density at radius 1 is 1.08 bits per heavy atom. The number of Topliss-reactive ketones (excluding diaryl/α,β-unsaturated/α-hetero) is 1. The number of carbonyl (C=O) groups is 3. The van der Waals surface area contributed by atoms with Crippen LogP contribution in [0.5, 0.6) is 0 Å². The Hall–Kier alpha value is -1.83. The second kappa shape index (κ2) is 5.84. The van der Waals surface area contributed by atoms with Crippen LogP contribution >= 0.6 is 11.8 Å². The lowest BCUT2D eigenvalue weighted by Gasteiger charge is -2.41. The second-order valence-electron chi connectivity index (χ2n) is 7.06. The number of rotatable bonds is 2. The van der Waals surface area contributed by atoms with E-state index < -0.39 is 41.3 Å². The largest absolute Gasteiger partial charge is 0.416 e. The molecule has 1 heterocycles. The molecule has 2 amide bonds. The molecule has 26 heavy (non-hydrogen) atoms. The third-order valence-corrected chi connectivity index (χ3v) is 6.60. The Bertz CT molecular complexity index is 822. The maximum absolute atomic E-state index is 13.1. The summed E-state index contributed by atoms with van der Waals surface area (Å²) in [7, 11) is 0. The molecular formula is C18H16F3NO3S. The lowest BCUT2D eigenvalue weighted by molar-refractivity contribution is -0.143. The van der Waals surface area contributed by atoms with Crippen LogP contribution in [0.2, 0.25) is 0 Å². The molecule has 4 aliphatic rings. The summed E-state index contributed by atoms with van der Waals surface area (Å²) in [6.07, 6.45) is -1.31. The Kier molecular flexibility index (Phi) is 3.95. The van der Waals surface area contributed by atoms with E-state index in [1.807, 2.05) is 0 Å². The predicted octanol–water partition coefficient (Wildman–Crippen LogP) is 3.53. The van der Waals surface area contributed by atoms with Crippen LogP contribution in [0.25, 0.3) is 0 Å². The fraction of sp³-hybridized carbons (Fsp3) is 0.500. The molecular weight excluding hydrogens is 367 g/mol. The summed E-state index contributed by atoms with van der Waals surface area (Å²) >= 11 is 1.18. The third kappa shape index (κ3) is 2.41. The van der Waals surface area contributed by atoms with E-state index >= 15 is 0 Å². The Morgan fingerprint density at radius 2 is 1.77 bits per heavy atom. The van der Waals surface area contributed by atoms with Crippen molar-refractivity contribution in [3.63, 3.8) is 0 Å². The first-order valence-electron chi connectivity index (χ1n) is 8.39. The quantitative estimate of drug-likeness (QED) is 0.579. The molecule has 0 radical (unpaired) electrons. The molecule has 4 atom stereocenters. The summed E-state index contributed by atoms with van der Waals surface area (Å²) in [4.78, 5) is 39.5. The number of imide groups is 1. The number of halogens is 3. The van der Waals surface area contributed by atoms with E-state index in [2.05, 4.69) is 0 Å². The second-order valence-corrected chi connectivity index (χ2v) is 7.91. The summed E-state index contributed by atoms with van der Waals surface area (Å²) in [6, 6.07) is 3.09. The number of hydrogen-bond donors (Lipinski definition) is 0. The zero-order chi connectivity index (χ0) is 18.8. The van der Waals surface area contributed by atoms with Gasteiger partial charge in [-0.3, -0.25) is 14.4 Å². The normalized spacial score (nSPS) is 30.9. The number of nitrogens with zero attached hydrogens (tertiary/aromatic N) is 1. The lowest BCUT2D eigenvalue weighted by atomic mass is 9.59. The maximum atomic E-state index is 13.1. The van der Waals surface area contributed by atoms with Gasteiger partial charge in [0.25, 0.3) is 0 Å². The molecule has 4 fully saturated rings. The van der Waals surface area contributed by atoms with Crippen LogP contribution in [0.3, 0.4) is 0 Å². The van der Waals surface area contributed by atoms with Crippen molar-refractivity contribution >= 4 is 35.0 Å². The average molecular weight is 383 g/mol. The molecule has 0 N–H and O–H groups in total. The molecule has 1 aliphatic heterocycles. The van der Waals surface area contributed by atoms with Crippen molar-refractivity contribution in [1.82, 2.24) is 0 Å². The summed E-state index contributed by atoms with van der Waals surface area (Å²) in [5.41, 5.74) is -0.927. The van der Waals surface area contributed by atoms with Crippen molar-refractivity contribution in [1.29, 1.82) is 0 Å². The Morgan fingerprint density at radius 3 is 2.38 bits per heavy atom. The van der Waals surface area contributed by atoms with Crippen molar-refractivity contribution in [3.05, 3.63) is 23.8 Å². The smallest absolute Gasteiger partial charge is 0.299 e. The maximum Gasteiger partial charge on any atom is 0.416 e. The minimum Gasteiger partial charge on any atom is -0.299 e. The molecule has 1 aromatic carbocycles. The van der Waals surface area contributed by atoms with E-state index in [0.717, 1.165) is 17.0 Å². The highest BCUT2D eigenvalue weighted by molar-refractivity contribution is 7.98. The van der Waals surface area contributed by atoms with Crippen molar-refractivity contribution in [3.8, 4) is 0 Å². The van der Waals surface area contributed by atoms with Crippen LogP contribution in [0.1, 0.15) is 24.8 Å². The van der Waals surface area contributed by atoms with Crippen LogP contribution in [-0.2, 0) is 20.6 Å². The number of amides is 2. The molecule has 2 bridgehead atoms.